The Hall–Kier alpha value is -1.84. The number of nitrogens with zero attached hydrogens (tertiary/aromatic N) is 1. The zero-order valence-electron chi connectivity index (χ0n) is 8.54. The molecule has 0 aliphatic rings. The van der Waals surface area contributed by atoms with Gasteiger partial charge in [0.2, 0.25) is 5.88 Å². The summed E-state index contributed by atoms with van der Waals surface area (Å²) in [5.41, 5.74) is 8.37. The Morgan fingerprint density at radius 3 is 2.60 bits per heavy atom. The molecule has 0 amide bonds. The Morgan fingerprint density at radius 1 is 1.33 bits per heavy atom. The molecule has 0 radical (unpaired) electrons. The van der Waals surface area contributed by atoms with Gasteiger partial charge in [0, 0.05) is 11.1 Å². The fraction of sp³-hybridized carbons (Fsp3) is 0.182. The number of hydrogen-bond donors (Lipinski definition) is 1. The van der Waals surface area contributed by atoms with Crippen LogP contribution in [0.2, 0.25) is 0 Å². The Kier molecular flexibility index (Phi) is 2.19. The average Bonchev–Trinajstić information content (AvgIpc) is 2.53. The number of aryl methyl sites for hydroxylation is 1. The molecule has 2 aromatic rings. The van der Waals surface area contributed by atoms with Gasteiger partial charge in [0.1, 0.15) is 11.5 Å². The van der Waals surface area contributed by atoms with E-state index in [2.05, 4.69) is 5.16 Å². The van der Waals surface area contributed by atoms with E-state index in [0.717, 1.165) is 11.1 Å². The lowest BCUT2D eigenvalue weighted by Gasteiger charge is -2.00. The molecule has 4 heteroatoms. The molecule has 78 valence electrons. The number of nitrogen functional groups attached to an aromatic ring is 1. The van der Waals surface area contributed by atoms with Gasteiger partial charge in [-0.15, -0.1) is 0 Å². The van der Waals surface area contributed by atoms with Gasteiger partial charge in [-0.2, -0.15) is 0 Å². The summed E-state index contributed by atoms with van der Waals surface area (Å²) in [6, 6.07) is 4.79. The molecule has 0 fully saturated rings. The summed E-state index contributed by atoms with van der Waals surface area (Å²) < 4.78 is 17.9. The lowest BCUT2D eigenvalue weighted by molar-refractivity contribution is 0.439. The molecule has 1 aromatic carbocycles. The zero-order chi connectivity index (χ0) is 11.0. The number of nitrogens with two attached hydrogens (primary N) is 1. The minimum Gasteiger partial charge on any atom is -0.367 e. The van der Waals surface area contributed by atoms with Crippen LogP contribution >= 0.6 is 0 Å². The SMILES string of the molecule is Cc1cc(-c2noc(N)c2C)ccc1F. The third kappa shape index (κ3) is 1.58. The van der Waals surface area contributed by atoms with Gasteiger partial charge in [-0.05, 0) is 37.6 Å². The van der Waals surface area contributed by atoms with Crippen molar-refractivity contribution in [3.8, 4) is 11.3 Å². The number of halogens is 1. The van der Waals surface area contributed by atoms with Gasteiger partial charge >= 0.3 is 0 Å². The lowest BCUT2D eigenvalue weighted by atomic mass is 10.1. The van der Waals surface area contributed by atoms with E-state index in [-0.39, 0.29) is 5.82 Å². The van der Waals surface area contributed by atoms with Gasteiger partial charge < -0.3 is 10.3 Å². The van der Waals surface area contributed by atoms with E-state index in [1.165, 1.54) is 6.07 Å². The van der Waals surface area contributed by atoms with Crippen molar-refractivity contribution in [2.24, 2.45) is 0 Å². The van der Waals surface area contributed by atoms with Crippen LogP contribution in [-0.2, 0) is 0 Å². The predicted molar refractivity (Wildman–Crippen MR) is 55.8 cm³/mol. The molecule has 0 unspecified atom stereocenters. The predicted octanol–water partition coefficient (Wildman–Crippen LogP) is 2.68. The maximum Gasteiger partial charge on any atom is 0.225 e. The molecule has 3 nitrogen and oxygen atoms in total. The summed E-state index contributed by atoms with van der Waals surface area (Å²) >= 11 is 0. The molecular weight excluding hydrogens is 195 g/mol. The maximum absolute atomic E-state index is 13.1. The maximum atomic E-state index is 13.1. The second-order valence-corrected chi connectivity index (χ2v) is 3.48. The van der Waals surface area contributed by atoms with Crippen LogP contribution in [0.15, 0.2) is 22.7 Å². The number of benzene rings is 1. The molecule has 0 saturated carbocycles. The first kappa shape index (κ1) is 9.71. The fourth-order valence-corrected chi connectivity index (χ4v) is 1.41. The van der Waals surface area contributed by atoms with E-state index >= 15 is 0 Å². The monoisotopic (exact) mass is 206 g/mol. The van der Waals surface area contributed by atoms with E-state index < -0.39 is 0 Å². The van der Waals surface area contributed by atoms with Crippen molar-refractivity contribution in [1.82, 2.24) is 5.16 Å². The van der Waals surface area contributed by atoms with Gasteiger partial charge in [-0.3, -0.25) is 0 Å². The average molecular weight is 206 g/mol. The Bertz CT molecular complexity index is 505. The van der Waals surface area contributed by atoms with E-state index in [1.807, 2.05) is 6.92 Å². The van der Waals surface area contributed by atoms with Gasteiger partial charge in [-0.1, -0.05) is 5.16 Å². The zero-order valence-corrected chi connectivity index (χ0v) is 8.54. The highest BCUT2D eigenvalue weighted by Gasteiger charge is 2.11. The molecule has 0 spiro atoms. The normalized spacial score (nSPS) is 10.6. The van der Waals surface area contributed by atoms with Gasteiger partial charge in [0.05, 0.1) is 0 Å². The Morgan fingerprint density at radius 2 is 2.07 bits per heavy atom. The van der Waals surface area contributed by atoms with Crippen molar-refractivity contribution in [2.45, 2.75) is 13.8 Å². The number of anilines is 1. The van der Waals surface area contributed by atoms with E-state index in [0.29, 0.717) is 17.1 Å². The van der Waals surface area contributed by atoms with Crippen molar-refractivity contribution in [2.75, 3.05) is 5.73 Å². The first-order valence-corrected chi connectivity index (χ1v) is 4.58. The van der Waals surface area contributed by atoms with Gasteiger partial charge in [0.15, 0.2) is 0 Å². The first-order valence-electron chi connectivity index (χ1n) is 4.58. The van der Waals surface area contributed by atoms with E-state index in [4.69, 9.17) is 10.3 Å². The van der Waals surface area contributed by atoms with Crippen LogP contribution in [0.5, 0.6) is 0 Å². The number of rotatable bonds is 1. The second-order valence-electron chi connectivity index (χ2n) is 3.48. The minimum absolute atomic E-state index is 0.229. The van der Waals surface area contributed by atoms with Crippen molar-refractivity contribution in [3.63, 3.8) is 0 Å². The molecule has 0 atom stereocenters. The largest absolute Gasteiger partial charge is 0.367 e. The highest BCUT2D eigenvalue weighted by Crippen LogP contribution is 2.27. The molecule has 15 heavy (non-hydrogen) atoms. The van der Waals surface area contributed by atoms with Crippen LogP contribution in [0.3, 0.4) is 0 Å². The lowest BCUT2D eigenvalue weighted by Crippen LogP contribution is -1.87. The number of hydrogen-bond acceptors (Lipinski definition) is 3. The molecule has 1 heterocycles. The van der Waals surface area contributed by atoms with E-state index in [9.17, 15) is 4.39 Å². The van der Waals surface area contributed by atoms with Crippen LogP contribution in [0.1, 0.15) is 11.1 Å². The minimum atomic E-state index is -0.229. The molecule has 2 N–H and O–H groups in total. The molecule has 0 aliphatic carbocycles. The molecule has 0 saturated heterocycles. The first-order chi connectivity index (χ1) is 7.09. The standard InChI is InChI=1S/C11H11FN2O/c1-6-5-8(3-4-9(6)12)10-7(2)11(13)15-14-10/h3-5H,13H2,1-2H3. The van der Waals surface area contributed by atoms with Crippen molar-refractivity contribution >= 4 is 5.88 Å². The third-order valence-electron chi connectivity index (χ3n) is 2.39. The summed E-state index contributed by atoms with van der Waals surface area (Å²) in [7, 11) is 0. The summed E-state index contributed by atoms with van der Waals surface area (Å²) in [5.74, 6) is 0.0693. The molecule has 0 aliphatic heterocycles. The van der Waals surface area contributed by atoms with Crippen LogP contribution in [0.4, 0.5) is 10.3 Å². The summed E-state index contributed by atoms with van der Waals surface area (Å²) in [5, 5.41) is 3.83. The smallest absolute Gasteiger partial charge is 0.225 e. The van der Waals surface area contributed by atoms with Crippen molar-refractivity contribution < 1.29 is 8.91 Å². The third-order valence-corrected chi connectivity index (χ3v) is 2.39. The number of aromatic nitrogens is 1. The Balaban J connectivity index is 2.55. The highest BCUT2D eigenvalue weighted by atomic mass is 19.1. The van der Waals surface area contributed by atoms with Gasteiger partial charge in [-0.25, -0.2) is 4.39 Å². The van der Waals surface area contributed by atoms with Crippen LogP contribution in [0, 0.1) is 19.7 Å². The van der Waals surface area contributed by atoms with Crippen LogP contribution in [0.25, 0.3) is 11.3 Å². The quantitative estimate of drug-likeness (QED) is 0.780. The Labute approximate surface area is 86.7 Å². The molecule has 2 rings (SSSR count). The summed E-state index contributed by atoms with van der Waals surface area (Å²) in [6.07, 6.45) is 0. The highest BCUT2D eigenvalue weighted by molar-refractivity contribution is 5.66. The summed E-state index contributed by atoms with van der Waals surface area (Å²) in [4.78, 5) is 0. The van der Waals surface area contributed by atoms with Crippen molar-refractivity contribution in [3.05, 3.63) is 35.1 Å². The molecular formula is C11H11FN2O. The van der Waals surface area contributed by atoms with Gasteiger partial charge in [0.25, 0.3) is 0 Å². The molecule has 1 aromatic heterocycles. The van der Waals surface area contributed by atoms with E-state index in [1.54, 1.807) is 19.1 Å². The topological polar surface area (TPSA) is 52.0 Å². The summed E-state index contributed by atoms with van der Waals surface area (Å²) in [6.45, 7) is 3.53. The van der Waals surface area contributed by atoms with Crippen LogP contribution in [-0.4, -0.2) is 5.16 Å². The van der Waals surface area contributed by atoms with Crippen LogP contribution < -0.4 is 5.73 Å². The second kappa shape index (κ2) is 3.38. The molecule has 0 bridgehead atoms. The van der Waals surface area contributed by atoms with Crippen molar-refractivity contribution in [1.29, 1.82) is 0 Å². The fourth-order valence-electron chi connectivity index (χ4n) is 1.41.